The van der Waals surface area contributed by atoms with Gasteiger partial charge in [0.25, 0.3) is 10.0 Å². The van der Waals surface area contributed by atoms with Crippen molar-refractivity contribution < 1.29 is 22.7 Å². The number of hydrogen-bond acceptors (Lipinski definition) is 7. The topological polar surface area (TPSA) is 95.3 Å². The second-order valence-electron chi connectivity index (χ2n) is 5.98. The average Bonchev–Trinajstić information content (AvgIpc) is 3.40. The maximum absolute atomic E-state index is 13.5. The molecule has 0 bridgehead atoms. The molecule has 0 saturated carbocycles. The van der Waals surface area contributed by atoms with Crippen molar-refractivity contribution in [3.05, 3.63) is 82.4 Å². The predicted octanol–water partition coefficient (Wildman–Crippen LogP) is 3.35. The van der Waals surface area contributed by atoms with Gasteiger partial charge in [-0.3, -0.25) is 4.79 Å². The summed E-state index contributed by atoms with van der Waals surface area (Å²) in [5, 5.41) is 1.98. The average molecular weight is 426 g/mol. The van der Waals surface area contributed by atoms with Gasteiger partial charge in [-0.25, -0.2) is 22.2 Å². The van der Waals surface area contributed by atoms with Gasteiger partial charge in [0.15, 0.2) is 5.01 Å². The number of ether oxygens (including phenoxy) is 1. The highest BCUT2D eigenvalue weighted by molar-refractivity contribution is 7.90. The van der Waals surface area contributed by atoms with Crippen molar-refractivity contribution in [3.8, 4) is 0 Å². The molecule has 0 atom stereocenters. The van der Waals surface area contributed by atoms with Gasteiger partial charge in [-0.2, -0.15) is 0 Å². The summed E-state index contributed by atoms with van der Waals surface area (Å²) in [4.78, 5) is 29.9. The van der Waals surface area contributed by atoms with Crippen molar-refractivity contribution in [1.29, 1.82) is 0 Å². The normalized spacial score (nSPS) is 11.5. The summed E-state index contributed by atoms with van der Waals surface area (Å²) in [6, 6.07) is 14.1. The maximum atomic E-state index is 13.5. The number of hydrogen-bond donors (Lipinski definition) is 0. The van der Waals surface area contributed by atoms with Crippen LogP contribution in [0, 0.1) is 0 Å². The van der Waals surface area contributed by atoms with Gasteiger partial charge in [0.2, 0.25) is 5.78 Å². The summed E-state index contributed by atoms with van der Waals surface area (Å²) in [7, 11) is -3.01. The minimum atomic E-state index is -4.19. The van der Waals surface area contributed by atoms with Gasteiger partial charge in [-0.15, -0.1) is 11.3 Å². The third kappa shape index (κ3) is 3.04. The van der Waals surface area contributed by atoms with Gasteiger partial charge >= 0.3 is 5.97 Å². The Morgan fingerprint density at radius 2 is 1.72 bits per heavy atom. The molecule has 0 aliphatic heterocycles. The van der Waals surface area contributed by atoms with Crippen molar-refractivity contribution in [2.45, 2.75) is 4.90 Å². The van der Waals surface area contributed by atoms with E-state index in [0.29, 0.717) is 5.39 Å². The summed E-state index contributed by atoms with van der Waals surface area (Å²) >= 11 is 1.06. The van der Waals surface area contributed by atoms with E-state index >= 15 is 0 Å². The molecule has 0 unspecified atom stereocenters. The Morgan fingerprint density at radius 3 is 2.38 bits per heavy atom. The van der Waals surface area contributed by atoms with E-state index in [1.807, 2.05) is 0 Å². The molecule has 2 heterocycles. The molecule has 146 valence electrons. The van der Waals surface area contributed by atoms with Crippen LogP contribution >= 0.6 is 11.3 Å². The SMILES string of the molecule is COC(=O)c1c(C(=O)c2nccs2)n(S(=O)(=O)c2ccccc2)c2ccccc12. The molecule has 0 saturated heterocycles. The molecule has 0 N–H and O–H groups in total. The number of carbonyl (C=O) groups excluding carboxylic acids is 2. The van der Waals surface area contributed by atoms with Gasteiger partial charge in [0, 0.05) is 17.0 Å². The van der Waals surface area contributed by atoms with Crippen LogP contribution in [0.3, 0.4) is 0 Å². The van der Waals surface area contributed by atoms with Gasteiger partial charge in [0.1, 0.15) is 5.69 Å². The van der Waals surface area contributed by atoms with Crippen LogP contribution in [-0.4, -0.2) is 36.2 Å². The summed E-state index contributed by atoms with van der Waals surface area (Å²) in [5.41, 5.74) is -0.198. The number of benzene rings is 2. The number of methoxy groups -OCH3 is 1. The van der Waals surface area contributed by atoms with Crippen LogP contribution in [0.15, 0.2) is 71.1 Å². The van der Waals surface area contributed by atoms with Crippen LogP contribution in [0.1, 0.15) is 25.9 Å². The van der Waals surface area contributed by atoms with E-state index in [9.17, 15) is 18.0 Å². The largest absolute Gasteiger partial charge is 0.465 e. The Hall–Kier alpha value is -3.30. The molecule has 2 aromatic heterocycles. The van der Waals surface area contributed by atoms with E-state index in [1.54, 1.807) is 47.8 Å². The molecule has 2 aromatic carbocycles. The van der Waals surface area contributed by atoms with Crippen LogP contribution in [0.25, 0.3) is 10.9 Å². The Bertz CT molecular complexity index is 1320. The number of nitrogens with zero attached hydrogens (tertiary/aromatic N) is 2. The lowest BCUT2D eigenvalue weighted by Crippen LogP contribution is -2.21. The second-order valence-corrected chi connectivity index (χ2v) is 8.66. The molecule has 4 aromatic rings. The Balaban J connectivity index is 2.15. The van der Waals surface area contributed by atoms with E-state index in [0.717, 1.165) is 15.3 Å². The maximum Gasteiger partial charge on any atom is 0.340 e. The summed E-state index contributed by atoms with van der Waals surface area (Å²) in [6.07, 6.45) is 1.44. The van der Waals surface area contributed by atoms with E-state index in [-0.39, 0.29) is 26.7 Å². The number of fused-ring (bicyclic) bond motifs is 1. The fraction of sp³-hybridized carbons (Fsp3) is 0.0500. The number of rotatable bonds is 5. The van der Waals surface area contributed by atoms with Crippen molar-refractivity contribution in [3.63, 3.8) is 0 Å². The van der Waals surface area contributed by atoms with E-state index in [1.165, 1.54) is 25.4 Å². The highest BCUT2D eigenvalue weighted by Gasteiger charge is 2.34. The van der Waals surface area contributed by atoms with E-state index < -0.39 is 21.8 Å². The van der Waals surface area contributed by atoms with Gasteiger partial charge < -0.3 is 4.74 Å². The zero-order valence-corrected chi connectivity index (χ0v) is 16.7. The van der Waals surface area contributed by atoms with Crippen molar-refractivity contribution in [1.82, 2.24) is 8.96 Å². The number of ketones is 1. The number of esters is 1. The molecule has 29 heavy (non-hydrogen) atoms. The van der Waals surface area contributed by atoms with Crippen molar-refractivity contribution >= 4 is 44.0 Å². The van der Waals surface area contributed by atoms with Crippen LogP contribution < -0.4 is 0 Å². The monoisotopic (exact) mass is 426 g/mol. The second kappa shape index (κ2) is 7.26. The molecule has 9 heteroatoms. The minimum Gasteiger partial charge on any atom is -0.465 e. The lowest BCUT2D eigenvalue weighted by molar-refractivity contribution is 0.0599. The smallest absolute Gasteiger partial charge is 0.340 e. The fourth-order valence-corrected chi connectivity index (χ4v) is 5.23. The quantitative estimate of drug-likeness (QED) is 0.359. The molecule has 0 radical (unpaired) electrons. The number of aromatic nitrogens is 2. The lowest BCUT2D eigenvalue weighted by atomic mass is 10.1. The lowest BCUT2D eigenvalue weighted by Gasteiger charge is -2.11. The highest BCUT2D eigenvalue weighted by atomic mass is 32.2. The van der Waals surface area contributed by atoms with Gasteiger partial charge in [0.05, 0.1) is 23.1 Å². The fourth-order valence-electron chi connectivity index (χ4n) is 3.11. The zero-order valence-electron chi connectivity index (χ0n) is 15.1. The van der Waals surface area contributed by atoms with Gasteiger partial charge in [-0.1, -0.05) is 36.4 Å². The predicted molar refractivity (Wildman–Crippen MR) is 108 cm³/mol. The number of thiazole rings is 1. The molecule has 0 spiro atoms. The van der Waals surface area contributed by atoms with E-state index in [4.69, 9.17) is 4.74 Å². The van der Waals surface area contributed by atoms with Crippen LogP contribution in [0.5, 0.6) is 0 Å². The third-order valence-corrected chi connectivity index (χ3v) is 6.84. The Kier molecular flexibility index (Phi) is 4.77. The summed E-state index contributed by atoms with van der Waals surface area (Å²) < 4.78 is 32.8. The first kappa shape index (κ1) is 19.0. The van der Waals surface area contributed by atoms with Crippen molar-refractivity contribution in [2.75, 3.05) is 7.11 Å². The molecular weight excluding hydrogens is 412 g/mol. The summed E-state index contributed by atoms with van der Waals surface area (Å²) in [5.74, 6) is -1.47. The molecule has 0 aliphatic rings. The first-order valence-electron chi connectivity index (χ1n) is 8.43. The standard InChI is InChI=1S/C20H14N2O5S2/c1-27-20(24)16-14-9-5-6-10-15(14)22(17(16)18(23)19-21-11-12-28-19)29(25,26)13-7-3-2-4-8-13/h2-12H,1H3. The molecule has 0 aliphatic carbocycles. The first-order chi connectivity index (χ1) is 14.0. The summed E-state index contributed by atoms with van der Waals surface area (Å²) in [6.45, 7) is 0. The third-order valence-electron chi connectivity index (χ3n) is 4.34. The van der Waals surface area contributed by atoms with Crippen LogP contribution in [-0.2, 0) is 14.8 Å². The van der Waals surface area contributed by atoms with Crippen LogP contribution in [0.4, 0.5) is 0 Å². The van der Waals surface area contributed by atoms with Crippen molar-refractivity contribution in [2.24, 2.45) is 0 Å². The molecule has 0 amide bonds. The van der Waals surface area contributed by atoms with Crippen LogP contribution in [0.2, 0.25) is 0 Å². The Labute approximate surface area is 170 Å². The Morgan fingerprint density at radius 1 is 1.03 bits per heavy atom. The number of carbonyl (C=O) groups is 2. The van der Waals surface area contributed by atoms with E-state index in [2.05, 4.69) is 4.98 Å². The number of para-hydroxylation sites is 1. The first-order valence-corrected chi connectivity index (χ1v) is 10.8. The minimum absolute atomic E-state index is 0.00893. The van der Waals surface area contributed by atoms with Gasteiger partial charge in [-0.05, 0) is 18.2 Å². The molecule has 0 fully saturated rings. The molecular formula is C20H14N2O5S2. The zero-order chi connectivity index (χ0) is 20.6. The molecule has 4 rings (SSSR count). The molecule has 7 nitrogen and oxygen atoms in total. The highest BCUT2D eigenvalue weighted by Crippen LogP contribution is 2.32.